The maximum Gasteiger partial charge on any atom is 0.416 e. The first kappa shape index (κ1) is 19.5. The van der Waals surface area contributed by atoms with Crippen molar-refractivity contribution >= 4 is 11.9 Å². The van der Waals surface area contributed by atoms with Crippen LogP contribution in [0.1, 0.15) is 15.9 Å². The number of hydrogen-bond acceptors (Lipinski definition) is 5. The van der Waals surface area contributed by atoms with Crippen LogP contribution in [0.25, 0.3) is 0 Å². The molecule has 0 aliphatic carbocycles. The second-order valence-corrected chi connectivity index (χ2v) is 5.96. The fourth-order valence-corrected chi connectivity index (χ4v) is 2.48. The number of hydrogen-bond donors (Lipinski definition) is 1. The van der Waals surface area contributed by atoms with E-state index in [1.807, 2.05) is 6.07 Å². The number of carbonyl (C=O) groups excluding carboxylic acids is 2. The van der Waals surface area contributed by atoms with Gasteiger partial charge in [0.25, 0.3) is 5.91 Å². The van der Waals surface area contributed by atoms with E-state index in [1.54, 1.807) is 18.2 Å². The van der Waals surface area contributed by atoms with Crippen molar-refractivity contribution in [2.45, 2.75) is 12.3 Å². The number of benzene rings is 2. The van der Waals surface area contributed by atoms with Crippen LogP contribution < -0.4 is 14.8 Å². The predicted molar refractivity (Wildman–Crippen MR) is 91.1 cm³/mol. The number of rotatable bonds is 5. The third-order valence-electron chi connectivity index (χ3n) is 3.85. The molecule has 0 fully saturated rings. The first-order chi connectivity index (χ1) is 13.3. The van der Waals surface area contributed by atoms with Gasteiger partial charge in [-0.3, -0.25) is 4.79 Å². The third-order valence-corrected chi connectivity index (χ3v) is 3.85. The molecule has 3 rings (SSSR count). The summed E-state index contributed by atoms with van der Waals surface area (Å²) in [5.74, 6) is -0.459. The zero-order valence-electron chi connectivity index (χ0n) is 14.5. The van der Waals surface area contributed by atoms with Gasteiger partial charge in [0, 0.05) is 0 Å². The second kappa shape index (κ2) is 8.20. The van der Waals surface area contributed by atoms with E-state index in [2.05, 4.69) is 5.32 Å². The topological polar surface area (TPSA) is 73.9 Å². The summed E-state index contributed by atoms with van der Waals surface area (Å²) >= 11 is 0. The van der Waals surface area contributed by atoms with E-state index >= 15 is 0 Å². The van der Waals surface area contributed by atoms with Gasteiger partial charge in [-0.1, -0.05) is 18.2 Å². The molecule has 0 unspecified atom stereocenters. The zero-order chi connectivity index (χ0) is 20.1. The molecule has 0 bridgehead atoms. The Kier molecular flexibility index (Phi) is 5.72. The monoisotopic (exact) mass is 395 g/mol. The Labute approximate surface area is 158 Å². The third kappa shape index (κ3) is 4.93. The zero-order valence-corrected chi connectivity index (χ0v) is 14.5. The van der Waals surface area contributed by atoms with Crippen molar-refractivity contribution in [3.63, 3.8) is 0 Å². The smallest absolute Gasteiger partial charge is 0.416 e. The number of carbonyl (C=O) groups is 2. The number of fused-ring (bicyclic) bond motifs is 1. The van der Waals surface area contributed by atoms with E-state index in [9.17, 15) is 22.8 Å². The van der Waals surface area contributed by atoms with E-state index in [0.717, 1.165) is 12.1 Å². The molecule has 0 spiro atoms. The Bertz CT molecular complexity index is 869. The summed E-state index contributed by atoms with van der Waals surface area (Å²) in [6.45, 7) is -0.269. The van der Waals surface area contributed by atoms with Crippen LogP contribution in [0.15, 0.2) is 48.5 Å². The summed E-state index contributed by atoms with van der Waals surface area (Å²) < 4.78 is 54.0. The quantitative estimate of drug-likeness (QED) is 0.789. The summed E-state index contributed by atoms with van der Waals surface area (Å²) in [5.41, 5.74) is -1.26. The van der Waals surface area contributed by atoms with Crippen LogP contribution >= 0.6 is 0 Å². The van der Waals surface area contributed by atoms with Gasteiger partial charge in [0.1, 0.15) is 12.7 Å². The molecule has 0 aromatic heterocycles. The van der Waals surface area contributed by atoms with Gasteiger partial charge in [0.2, 0.25) is 0 Å². The van der Waals surface area contributed by atoms with Gasteiger partial charge < -0.3 is 19.5 Å². The van der Waals surface area contributed by atoms with Crippen LogP contribution in [-0.2, 0) is 15.7 Å². The van der Waals surface area contributed by atoms with E-state index < -0.39 is 36.3 Å². The number of ether oxygens (including phenoxy) is 3. The fourth-order valence-electron chi connectivity index (χ4n) is 2.48. The molecule has 1 amide bonds. The van der Waals surface area contributed by atoms with Crippen LogP contribution in [0.2, 0.25) is 0 Å². The van der Waals surface area contributed by atoms with Gasteiger partial charge in [-0.15, -0.1) is 0 Å². The van der Waals surface area contributed by atoms with Crippen molar-refractivity contribution in [2.24, 2.45) is 0 Å². The molecule has 1 aliphatic heterocycles. The fraction of sp³-hybridized carbons (Fsp3) is 0.263. The lowest BCUT2D eigenvalue weighted by Crippen LogP contribution is -2.42. The molecule has 148 valence electrons. The molecule has 2 aromatic rings. The van der Waals surface area contributed by atoms with Crippen LogP contribution in [-0.4, -0.2) is 37.7 Å². The summed E-state index contributed by atoms with van der Waals surface area (Å²) in [7, 11) is 0. The Hall–Kier alpha value is -3.23. The first-order valence-electron chi connectivity index (χ1n) is 8.32. The van der Waals surface area contributed by atoms with Gasteiger partial charge in [0.15, 0.2) is 18.1 Å². The Morgan fingerprint density at radius 2 is 1.86 bits per heavy atom. The number of nitrogens with one attached hydrogen (secondary N) is 1. The summed E-state index contributed by atoms with van der Waals surface area (Å²) in [6.07, 6.45) is -4.99. The molecule has 1 N–H and O–H groups in total. The van der Waals surface area contributed by atoms with Crippen molar-refractivity contribution in [1.82, 2.24) is 5.32 Å². The predicted octanol–water partition coefficient (Wildman–Crippen LogP) is 2.82. The molecule has 0 radical (unpaired) electrons. The SMILES string of the molecule is O=C(COC(=O)c1cccc(C(F)(F)F)c1)NC[C@H]1COc2ccccc2O1. The highest BCUT2D eigenvalue weighted by molar-refractivity contribution is 5.91. The number of halogens is 3. The van der Waals surface area contributed by atoms with E-state index in [0.29, 0.717) is 17.6 Å². The number of para-hydroxylation sites is 2. The summed E-state index contributed by atoms with van der Waals surface area (Å²) in [6, 6.07) is 10.9. The normalized spacial score (nSPS) is 15.6. The van der Waals surface area contributed by atoms with E-state index in [1.165, 1.54) is 6.07 Å². The maximum absolute atomic E-state index is 12.7. The van der Waals surface area contributed by atoms with Crippen LogP contribution in [0.4, 0.5) is 13.2 Å². The van der Waals surface area contributed by atoms with Crippen molar-refractivity contribution in [3.8, 4) is 11.5 Å². The summed E-state index contributed by atoms with van der Waals surface area (Å²) in [4.78, 5) is 23.7. The van der Waals surface area contributed by atoms with E-state index in [-0.39, 0.29) is 18.7 Å². The Morgan fingerprint density at radius 1 is 1.11 bits per heavy atom. The first-order valence-corrected chi connectivity index (χ1v) is 8.32. The summed E-state index contributed by atoms with van der Waals surface area (Å²) in [5, 5.41) is 2.52. The molecule has 9 heteroatoms. The van der Waals surface area contributed by atoms with Crippen LogP contribution in [0.3, 0.4) is 0 Å². The Morgan fingerprint density at radius 3 is 2.61 bits per heavy atom. The number of alkyl halides is 3. The average Bonchev–Trinajstić information content (AvgIpc) is 2.69. The minimum absolute atomic E-state index is 0.119. The van der Waals surface area contributed by atoms with E-state index in [4.69, 9.17) is 14.2 Å². The molecule has 1 atom stereocenters. The van der Waals surface area contributed by atoms with Gasteiger partial charge in [-0.25, -0.2) is 4.79 Å². The average molecular weight is 395 g/mol. The van der Waals surface area contributed by atoms with Crippen molar-refractivity contribution in [3.05, 3.63) is 59.7 Å². The lowest BCUT2D eigenvalue weighted by Gasteiger charge is -2.26. The number of amides is 1. The molecular formula is C19H16F3NO5. The lowest BCUT2D eigenvalue weighted by atomic mass is 10.1. The second-order valence-electron chi connectivity index (χ2n) is 5.96. The minimum atomic E-state index is -4.58. The molecule has 28 heavy (non-hydrogen) atoms. The minimum Gasteiger partial charge on any atom is -0.486 e. The van der Waals surface area contributed by atoms with Gasteiger partial charge >= 0.3 is 12.1 Å². The highest BCUT2D eigenvalue weighted by Gasteiger charge is 2.31. The molecule has 2 aromatic carbocycles. The van der Waals surface area contributed by atoms with Gasteiger partial charge in [-0.2, -0.15) is 13.2 Å². The highest BCUT2D eigenvalue weighted by atomic mass is 19.4. The van der Waals surface area contributed by atoms with Crippen LogP contribution in [0.5, 0.6) is 11.5 Å². The maximum atomic E-state index is 12.7. The molecule has 6 nitrogen and oxygen atoms in total. The molecule has 1 heterocycles. The highest BCUT2D eigenvalue weighted by Crippen LogP contribution is 2.31. The standard InChI is InChI=1S/C19H16F3NO5/c20-19(21,22)13-5-3-4-12(8-13)18(25)27-11-17(24)23-9-14-10-26-15-6-1-2-7-16(15)28-14/h1-8,14H,9-11H2,(H,23,24)/t14-/m0/s1. The Balaban J connectivity index is 1.45. The van der Waals surface area contributed by atoms with Crippen molar-refractivity contribution in [2.75, 3.05) is 19.8 Å². The molecular weight excluding hydrogens is 379 g/mol. The molecule has 1 aliphatic rings. The van der Waals surface area contributed by atoms with Crippen molar-refractivity contribution < 1.29 is 37.0 Å². The molecule has 0 saturated carbocycles. The van der Waals surface area contributed by atoms with Gasteiger partial charge in [-0.05, 0) is 30.3 Å². The van der Waals surface area contributed by atoms with Crippen molar-refractivity contribution in [1.29, 1.82) is 0 Å². The lowest BCUT2D eigenvalue weighted by molar-refractivity contribution is -0.137. The molecule has 0 saturated heterocycles. The van der Waals surface area contributed by atoms with Gasteiger partial charge in [0.05, 0.1) is 17.7 Å². The van der Waals surface area contributed by atoms with Crippen LogP contribution in [0, 0.1) is 0 Å². The number of esters is 1. The largest absolute Gasteiger partial charge is 0.486 e.